The lowest BCUT2D eigenvalue weighted by molar-refractivity contribution is 0.264. The minimum absolute atomic E-state index is 0.359. The summed E-state index contributed by atoms with van der Waals surface area (Å²) < 4.78 is 0. The predicted octanol–water partition coefficient (Wildman–Crippen LogP) is 2.37. The second-order valence-electron chi connectivity index (χ2n) is 4.34. The van der Waals surface area contributed by atoms with Crippen LogP contribution in [0, 0.1) is 0 Å². The van der Waals surface area contributed by atoms with E-state index in [9.17, 15) is 0 Å². The van der Waals surface area contributed by atoms with Crippen molar-refractivity contribution in [2.24, 2.45) is 0 Å². The summed E-state index contributed by atoms with van der Waals surface area (Å²) in [6.45, 7) is 6.49. The number of aliphatic hydroxyl groups excluding tert-OH is 1. The molecule has 0 aromatic heterocycles. The first-order valence-corrected chi connectivity index (χ1v) is 7.36. The number of nitrogens with zero attached hydrogens (tertiary/aromatic N) is 1. The van der Waals surface area contributed by atoms with E-state index in [0.29, 0.717) is 6.61 Å². The Hall–Kier alpha value is 0.270. The van der Waals surface area contributed by atoms with Gasteiger partial charge < -0.3 is 10.0 Å². The summed E-state index contributed by atoms with van der Waals surface area (Å²) in [6.07, 6.45) is 6.07. The van der Waals surface area contributed by atoms with Gasteiger partial charge >= 0.3 is 0 Å². The van der Waals surface area contributed by atoms with Gasteiger partial charge in [-0.1, -0.05) is 19.8 Å². The third kappa shape index (κ3) is 5.79. The average Bonchev–Trinajstić information content (AvgIpc) is 2.29. The molecule has 15 heavy (non-hydrogen) atoms. The lowest BCUT2D eigenvalue weighted by Gasteiger charge is -2.31. The first kappa shape index (κ1) is 13.3. The summed E-state index contributed by atoms with van der Waals surface area (Å²) in [5.74, 6) is 1.31. The monoisotopic (exact) mass is 231 g/mol. The zero-order valence-corrected chi connectivity index (χ0v) is 10.8. The lowest BCUT2D eigenvalue weighted by atomic mass is 10.2. The second kappa shape index (κ2) is 8.43. The molecule has 1 fully saturated rings. The van der Waals surface area contributed by atoms with E-state index in [-0.39, 0.29) is 0 Å². The molecule has 0 aromatic rings. The molecule has 1 heterocycles. The highest BCUT2D eigenvalue weighted by Gasteiger charge is 2.17. The Balaban J connectivity index is 2.00. The highest BCUT2D eigenvalue weighted by Crippen LogP contribution is 2.21. The van der Waals surface area contributed by atoms with E-state index in [1.165, 1.54) is 51.1 Å². The Morgan fingerprint density at radius 1 is 1.27 bits per heavy atom. The summed E-state index contributed by atoms with van der Waals surface area (Å²) in [5, 5.41) is 9.54. The first-order chi connectivity index (χ1) is 7.36. The lowest BCUT2D eigenvalue weighted by Crippen LogP contribution is -2.38. The van der Waals surface area contributed by atoms with Crippen LogP contribution < -0.4 is 0 Å². The average molecular weight is 231 g/mol. The van der Waals surface area contributed by atoms with E-state index in [2.05, 4.69) is 23.6 Å². The molecule has 0 amide bonds. The molecule has 1 unspecified atom stereocenters. The number of unbranched alkanes of at least 4 members (excludes halogenated alkanes) is 3. The number of rotatable bonds is 7. The van der Waals surface area contributed by atoms with Crippen molar-refractivity contribution < 1.29 is 5.11 Å². The Morgan fingerprint density at radius 3 is 2.80 bits per heavy atom. The van der Waals surface area contributed by atoms with Crippen molar-refractivity contribution in [2.75, 3.05) is 32.0 Å². The molecule has 1 aliphatic heterocycles. The largest absolute Gasteiger partial charge is 0.396 e. The van der Waals surface area contributed by atoms with Crippen LogP contribution in [0.4, 0.5) is 0 Å². The van der Waals surface area contributed by atoms with Crippen molar-refractivity contribution in [3.05, 3.63) is 0 Å². The maximum absolute atomic E-state index is 8.67. The van der Waals surface area contributed by atoms with Gasteiger partial charge in [-0.05, 0) is 25.8 Å². The Kier molecular flexibility index (Phi) is 7.49. The van der Waals surface area contributed by atoms with Crippen LogP contribution in [0.2, 0.25) is 0 Å². The molecule has 0 saturated carbocycles. The van der Waals surface area contributed by atoms with Crippen molar-refractivity contribution in [2.45, 2.75) is 44.3 Å². The Bertz CT molecular complexity index is 155. The van der Waals surface area contributed by atoms with Crippen molar-refractivity contribution in [3.8, 4) is 0 Å². The van der Waals surface area contributed by atoms with Gasteiger partial charge in [0.05, 0.1) is 0 Å². The van der Waals surface area contributed by atoms with Gasteiger partial charge in [0.2, 0.25) is 0 Å². The van der Waals surface area contributed by atoms with Gasteiger partial charge in [-0.25, -0.2) is 0 Å². The Morgan fingerprint density at radius 2 is 2.07 bits per heavy atom. The van der Waals surface area contributed by atoms with E-state index in [1.54, 1.807) is 0 Å². The SMILES string of the molecule is CCC1CN(CCCCCCO)CCS1. The third-order valence-electron chi connectivity index (χ3n) is 3.06. The summed E-state index contributed by atoms with van der Waals surface area (Å²) in [7, 11) is 0. The fourth-order valence-corrected chi connectivity index (χ4v) is 3.28. The highest BCUT2D eigenvalue weighted by atomic mass is 32.2. The van der Waals surface area contributed by atoms with E-state index in [1.807, 2.05) is 0 Å². The minimum atomic E-state index is 0.359. The van der Waals surface area contributed by atoms with Gasteiger partial charge in [0, 0.05) is 30.7 Å². The fraction of sp³-hybridized carbons (Fsp3) is 1.00. The first-order valence-electron chi connectivity index (χ1n) is 6.31. The molecule has 2 nitrogen and oxygen atoms in total. The summed E-state index contributed by atoms with van der Waals surface area (Å²) >= 11 is 2.14. The molecular formula is C12H25NOS. The minimum Gasteiger partial charge on any atom is -0.396 e. The maximum atomic E-state index is 8.67. The molecule has 90 valence electrons. The van der Waals surface area contributed by atoms with Crippen LogP contribution in [-0.4, -0.2) is 47.3 Å². The molecule has 1 rings (SSSR count). The van der Waals surface area contributed by atoms with Crippen LogP contribution in [0.25, 0.3) is 0 Å². The van der Waals surface area contributed by atoms with Gasteiger partial charge in [-0.15, -0.1) is 0 Å². The van der Waals surface area contributed by atoms with Gasteiger partial charge in [0.25, 0.3) is 0 Å². The van der Waals surface area contributed by atoms with Crippen molar-refractivity contribution in [3.63, 3.8) is 0 Å². The molecule has 0 bridgehead atoms. The smallest absolute Gasteiger partial charge is 0.0431 e. The number of aliphatic hydroxyl groups is 1. The van der Waals surface area contributed by atoms with Gasteiger partial charge in [-0.2, -0.15) is 11.8 Å². The fourth-order valence-electron chi connectivity index (χ4n) is 2.03. The van der Waals surface area contributed by atoms with Crippen LogP contribution in [-0.2, 0) is 0 Å². The van der Waals surface area contributed by atoms with Gasteiger partial charge in [0.15, 0.2) is 0 Å². The molecule has 1 saturated heterocycles. The Labute approximate surface area is 98.4 Å². The topological polar surface area (TPSA) is 23.5 Å². The quantitative estimate of drug-likeness (QED) is 0.681. The van der Waals surface area contributed by atoms with E-state index >= 15 is 0 Å². The molecule has 0 spiro atoms. The van der Waals surface area contributed by atoms with Crippen molar-refractivity contribution in [1.29, 1.82) is 0 Å². The van der Waals surface area contributed by atoms with Crippen LogP contribution in [0.3, 0.4) is 0 Å². The van der Waals surface area contributed by atoms with Gasteiger partial charge in [-0.3, -0.25) is 0 Å². The zero-order valence-electron chi connectivity index (χ0n) is 9.95. The highest BCUT2D eigenvalue weighted by molar-refractivity contribution is 8.00. The standard InChI is InChI=1S/C12H25NOS/c1-2-12-11-13(8-10-15-12)7-5-3-4-6-9-14/h12,14H,2-11H2,1H3. The molecule has 0 aliphatic carbocycles. The number of hydrogen-bond donors (Lipinski definition) is 1. The molecule has 3 heteroatoms. The number of hydrogen-bond acceptors (Lipinski definition) is 3. The predicted molar refractivity (Wildman–Crippen MR) is 68.5 cm³/mol. The van der Waals surface area contributed by atoms with Crippen LogP contribution in [0.15, 0.2) is 0 Å². The molecule has 1 atom stereocenters. The van der Waals surface area contributed by atoms with E-state index < -0.39 is 0 Å². The molecular weight excluding hydrogens is 206 g/mol. The van der Waals surface area contributed by atoms with E-state index in [0.717, 1.165) is 11.7 Å². The van der Waals surface area contributed by atoms with Crippen molar-refractivity contribution in [1.82, 2.24) is 4.90 Å². The summed E-state index contributed by atoms with van der Waals surface area (Å²) in [6, 6.07) is 0. The molecule has 0 aromatic carbocycles. The third-order valence-corrected chi connectivity index (χ3v) is 4.43. The normalized spacial score (nSPS) is 23.2. The molecule has 0 radical (unpaired) electrons. The summed E-state index contributed by atoms with van der Waals surface area (Å²) in [4.78, 5) is 2.61. The summed E-state index contributed by atoms with van der Waals surface area (Å²) in [5.41, 5.74) is 0. The van der Waals surface area contributed by atoms with Crippen LogP contribution >= 0.6 is 11.8 Å². The van der Waals surface area contributed by atoms with Gasteiger partial charge in [0.1, 0.15) is 0 Å². The van der Waals surface area contributed by atoms with Crippen molar-refractivity contribution >= 4 is 11.8 Å². The van der Waals surface area contributed by atoms with E-state index in [4.69, 9.17) is 5.11 Å². The maximum Gasteiger partial charge on any atom is 0.0431 e. The zero-order chi connectivity index (χ0) is 10.9. The molecule has 1 N–H and O–H groups in total. The van der Waals surface area contributed by atoms with Crippen LogP contribution in [0.1, 0.15) is 39.0 Å². The second-order valence-corrected chi connectivity index (χ2v) is 5.75. The molecule has 1 aliphatic rings. The van der Waals surface area contributed by atoms with Crippen LogP contribution in [0.5, 0.6) is 0 Å². The number of thioether (sulfide) groups is 1.